The Hall–Kier alpha value is -1.23. The summed E-state index contributed by atoms with van der Waals surface area (Å²) >= 11 is 3.28. The largest absolute Gasteiger partial charge is 0.356 e. The molecule has 27 heavy (non-hydrogen) atoms. The number of nitrogens with one attached hydrogen (secondary N) is 2. The Kier molecular flexibility index (Phi) is 8.94. The van der Waals surface area contributed by atoms with Gasteiger partial charge in [-0.15, -0.1) is 24.0 Å². The number of likely N-dealkylation sites (tertiary alicyclic amines) is 1. The molecule has 0 radical (unpaired) electrons. The molecule has 0 atom stereocenters. The summed E-state index contributed by atoms with van der Waals surface area (Å²) in [6.45, 7) is 2.64. The van der Waals surface area contributed by atoms with Gasteiger partial charge in [-0.1, -0.05) is 22.0 Å². The van der Waals surface area contributed by atoms with E-state index >= 15 is 0 Å². The third kappa shape index (κ3) is 6.13. The molecule has 0 spiro atoms. The number of hydrogen-bond acceptors (Lipinski definition) is 3. The number of aliphatic imine (C=N–C) groups is 1. The van der Waals surface area contributed by atoms with Crippen LogP contribution in [0.3, 0.4) is 0 Å². The van der Waals surface area contributed by atoms with Crippen molar-refractivity contribution in [2.45, 2.75) is 31.6 Å². The number of aryl methyl sites for hydroxylation is 1. The average molecular weight is 551 g/mol. The van der Waals surface area contributed by atoms with Crippen molar-refractivity contribution in [2.24, 2.45) is 4.99 Å². The number of benzene rings is 1. The van der Waals surface area contributed by atoms with Gasteiger partial charge in [-0.2, -0.15) is 5.10 Å². The summed E-state index contributed by atoms with van der Waals surface area (Å²) < 4.78 is 14.6. The lowest BCUT2D eigenvalue weighted by atomic mass is 9.96. The summed E-state index contributed by atoms with van der Waals surface area (Å²) in [5.41, 5.74) is 0.748. The molecule has 9 heteroatoms. The van der Waals surface area contributed by atoms with E-state index in [1.165, 1.54) is 6.07 Å². The number of hydrogen-bond donors (Lipinski definition) is 2. The number of guanidine groups is 1. The summed E-state index contributed by atoms with van der Waals surface area (Å²) in [6.07, 6.45) is 5.18. The summed E-state index contributed by atoms with van der Waals surface area (Å²) in [5.74, 6) is 2.17. The number of rotatable bonds is 5. The van der Waals surface area contributed by atoms with E-state index < -0.39 is 0 Å². The van der Waals surface area contributed by atoms with Gasteiger partial charge in [0.05, 0.1) is 0 Å². The maximum atomic E-state index is 13.9. The van der Waals surface area contributed by atoms with Crippen LogP contribution in [0.1, 0.15) is 36.6 Å². The van der Waals surface area contributed by atoms with Crippen molar-refractivity contribution in [3.63, 3.8) is 0 Å². The summed E-state index contributed by atoms with van der Waals surface area (Å²) in [6, 6.07) is 5.23. The van der Waals surface area contributed by atoms with Crippen LogP contribution < -0.4 is 5.32 Å². The maximum Gasteiger partial charge on any atom is 0.193 e. The van der Waals surface area contributed by atoms with Gasteiger partial charge in [0.25, 0.3) is 0 Å². The lowest BCUT2D eigenvalue weighted by Gasteiger charge is -2.33. The van der Waals surface area contributed by atoms with Crippen LogP contribution in [0, 0.1) is 5.82 Å². The molecule has 2 heterocycles. The Labute approximate surface area is 184 Å². The van der Waals surface area contributed by atoms with Gasteiger partial charge in [0.1, 0.15) is 18.0 Å². The summed E-state index contributed by atoms with van der Waals surface area (Å²) in [5, 5.41) is 10.3. The Morgan fingerprint density at radius 1 is 1.41 bits per heavy atom. The van der Waals surface area contributed by atoms with Crippen LogP contribution in [0.25, 0.3) is 0 Å². The first kappa shape index (κ1) is 22.1. The molecule has 2 aromatic rings. The normalized spacial score (nSPS) is 15.5. The highest BCUT2D eigenvalue weighted by atomic mass is 127. The van der Waals surface area contributed by atoms with E-state index in [0.29, 0.717) is 12.3 Å². The van der Waals surface area contributed by atoms with Crippen LogP contribution in [-0.2, 0) is 6.42 Å². The highest BCUT2D eigenvalue weighted by Crippen LogP contribution is 2.24. The van der Waals surface area contributed by atoms with Gasteiger partial charge >= 0.3 is 0 Å². The van der Waals surface area contributed by atoms with Crippen LogP contribution in [0.2, 0.25) is 0 Å². The Morgan fingerprint density at radius 2 is 2.19 bits per heavy atom. The van der Waals surface area contributed by atoms with Crippen LogP contribution in [0.4, 0.5) is 4.39 Å². The fraction of sp³-hybridized carbons (Fsp3) is 0.500. The average Bonchev–Trinajstić information content (AvgIpc) is 3.18. The molecule has 148 valence electrons. The highest BCUT2D eigenvalue weighted by Gasteiger charge is 2.24. The quantitative estimate of drug-likeness (QED) is 0.258. The first-order chi connectivity index (χ1) is 12.7. The van der Waals surface area contributed by atoms with E-state index in [9.17, 15) is 4.39 Å². The van der Waals surface area contributed by atoms with E-state index in [-0.39, 0.29) is 29.8 Å². The first-order valence-electron chi connectivity index (χ1n) is 8.92. The van der Waals surface area contributed by atoms with Gasteiger partial charge < -0.3 is 10.2 Å². The molecule has 1 aromatic heterocycles. The molecule has 0 saturated carbocycles. The second-order valence-electron chi connectivity index (χ2n) is 6.45. The van der Waals surface area contributed by atoms with Gasteiger partial charge in [0, 0.05) is 37.1 Å². The molecule has 0 aliphatic carbocycles. The van der Waals surface area contributed by atoms with Crippen molar-refractivity contribution in [1.29, 1.82) is 0 Å². The Bertz CT molecular complexity index is 731. The van der Waals surface area contributed by atoms with Crippen molar-refractivity contribution >= 4 is 45.9 Å². The molecular formula is C18H25BrFIN6. The van der Waals surface area contributed by atoms with Crippen LogP contribution in [-0.4, -0.2) is 52.7 Å². The number of halogens is 3. The van der Waals surface area contributed by atoms with E-state index in [1.807, 2.05) is 12.1 Å². The third-order valence-electron chi connectivity index (χ3n) is 4.75. The van der Waals surface area contributed by atoms with Crippen molar-refractivity contribution in [3.05, 3.63) is 46.2 Å². The van der Waals surface area contributed by atoms with Gasteiger partial charge in [-0.25, -0.2) is 9.37 Å². The third-order valence-corrected chi connectivity index (χ3v) is 5.24. The predicted molar refractivity (Wildman–Crippen MR) is 119 cm³/mol. The van der Waals surface area contributed by atoms with E-state index in [1.54, 1.807) is 13.4 Å². The smallest absolute Gasteiger partial charge is 0.193 e. The molecule has 3 rings (SSSR count). The fourth-order valence-electron chi connectivity index (χ4n) is 3.31. The minimum absolute atomic E-state index is 0. The van der Waals surface area contributed by atoms with E-state index in [0.717, 1.165) is 60.7 Å². The number of piperidine rings is 1. The zero-order chi connectivity index (χ0) is 18.4. The van der Waals surface area contributed by atoms with E-state index in [4.69, 9.17) is 0 Å². The monoisotopic (exact) mass is 550 g/mol. The molecular weight excluding hydrogens is 526 g/mol. The number of aromatic nitrogens is 3. The summed E-state index contributed by atoms with van der Waals surface area (Å²) in [7, 11) is 1.80. The number of H-pyrrole nitrogens is 1. The molecule has 1 aromatic carbocycles. The van der Waals surface area contributed by atoms with Gasteiger partial charge in [-0.3, -0.25) is 10.1 Å². The molecule has 0 amide bonds. The Balaban J connectivity index is 0.00000261. The van der Waals surface area contributed by atoms with Gasteiger partial charge in [-0.05, 0) is 43.4 Å². The second kappa shape index (κ2) is 10.9. The predicted octanol–water partition coefficient (Wildman–Crippen LogP) is 3.71. The zero-order valence-electron chi connectivity index (χ0n) is 15.3. The second-order valence-corrected chi connectivity index (χ2v) is 7.36. The van der Waals surface area contributed by atoms with Crippen molar-refractivity contribution < 1.29 is 4.39 Å². The molecule has 1 aliphatic rings. The lowest BCUT2D eigenvalue weighted by molar-refractivity contribution is 0.299. The van der Waals surface area contributed by atoms with Gasteiger partial charge in [0.2, 0.25) is 0 Å². The standard InChI is InChI=1S/C18H24BrFN6.HI/c1-21-18(22-8-2-3-13-4-5-15(19)11-16(13)20)26-9-6-14(7-10-26)17-23-12-24-25-17;/h4-5,11-12,14H,2-3,6-10H2,1H3,(H,21,22)(H,23,24,25);1H. The zero-order valence-corrected chi connectivity index (χ0v) is 19.2. The summed E-state index contributed by atoms with van der Waals surface area (Å²) in [4.78, 5) is 10.9. The van der Waals surface area contributed by atoms with Crippen molar-refractivity contribution in [1.82, 2.24) is 25.4 Å². The lowest BCUT2D eigenvalue weighted by Crippen LogP contribution is -2.45. The first-order valence-corrected chi connectivity index (χ1v) is 9.71. The minimum Gasteiger partial charge on any atom is -0.356 e. The fourth-order valence-corrected chi connectivity index (χ4v) is 3.65. The highest BCUT2D eigenvalue weighted by molar-refractivity contribution is 14.0. The van der Waals surface area contributed by atoms with Gasteiger partial charge in [0.15, 0.2) is 5.96 Å². The molecule has 1 saturated heterocycles. The molecule has 1 fully saturated rings. The topological polar surface area (TPSA) is 69.2 Å². The molecule has 1 aliphatic heterocycles. The van der Waals surface area contributed by atoms with Crippen LogP contribution in [0.15, 0.2) is 34.0 Å². The van der Waals surface area contributed by atoms with Crippen LogP contribution >= 0.6 is 39.9 Å². The molecule has 2 N–H and O–H groups in total. The SMILES string of the molecule is CN=C(NCCCc1ccc(Br)cc1F)N1CCC(c2ncn[nH]2)CC1.I. The molecule has 0 unspecified atom stereocenters. The molecule has 0 bridgehead atoms. The van der Waals surface area contributed by atoms with Crippen LogP contribution in [0.5, 0.6) is 0 Å². The number of aromatic amines is 1. The maximum absolute atomic E-state index is 13.9. The Morgan fingerprint density at radius 3 is 2.81 bits per heavy atom. The van der Waals surface area contributed by atoms with Crippen molar-refractivity contribution in [3.8, 4) is 0 Å². The minimum atomic E-state index is -0.154. The van der Waals surface area contributed by atoms with E-state index in [2.05, 4.69) is 46.3 Å². The van der Waals surface area contributed by atoms with Crippen molar-refractivity contribution in [2.75, 3.05) is 26.7 Å². The number of nitrogens with zero attached hydrogens (tertiary/aromatic N) is 4. The molecule has 6 nitrogen and oxygen atoms in total.